The lowest BCUT2D eigenvalue weighted by Gasteiger charge is -2.37. The number of rotatable bonds is 6. The van der Waals surface area contributed by atoms with Gasteiger partial charge in [-0.05, 0) is 43.1 Å². The fourth-order valence-electron chi connectivity index (χ4n) is 3.10. The second-order valence-electron chi connectivity index (χ2n) is 6.45. The van der Waals surface area contributed by atoms with Crippen molar-refractivity contribution in [1.82, 2.24) is 10.1 Å². The van der Waals surface area contributed by atoms with Crippen molar-refractivity contribution in [1.29, 1.82) is 0 Å². The third kappa shape index (κ3) is 4.59. The Morgan fingerprint density at radius 1 is 1.27 bits per heavy atom. The van der Waals surface area contributed by atoms with Crippen LogP contribution in [0.5, 0.6) is 0 Å². The van der Waals surface area contributed by atoms with Crippen LogP contribution in [0, 0.1) is 11.6 Å². The molecule has 1 aliphatic rings. The second-order valence-corrected chi connectivity index (χ2v) is 7.71. The Morgan fingerprint density at radius 2 is 1.97 bits per heavy atom. The monoisotopic (exact) mass is 456 g/mol. The van der Waals surface area contributed by atoms with E-state index in [1.165, 1.54) is 30.9 Å². The van der Waals surface area contributed by atoms with Crippen molar-refractivity contribution >= 4 is 35.2 Å². The van der Waals surface area contributed by atoms with Crippen LogP contribution in [0.3, 0.4) is 0 Å². The minimum absolute atomic E-state index is 0. The third-order valence-corrected chi connectivity index (χ3v) is 6.07. The van der Waals surface area contributed by atoms with Crippen molar-refractivity contribution < 1.29 is 18.4 Å². The van der Waals surface area contributed by atoms with Gasteiger partial charge in [0.1, 0.15) is 21.5 Å². The summed E-state index contributed by atoms with van der Waals surface area (Å²) in [7, 11) is 2.82. The average Bonchev–Trinajstić information content (AvgIpc) is 3.14. The van der Waals surface area contributed by atoms with Crippen LogP contribution in [0.1, 0.15) is 24.0 Å². The van der Waals surface area contributed by atoms with Crippen molar-refractivity contribution in [3.63, 3.8) is 0 Å². The molecule has 10 heteroatoms. The van der Waals surface area contributed by atoms with E-state index in [2.05, 4.69) is 5.10 Å². The van der Waals surface area contributed by atoms with Gasteiger partial charge in [-0.15, -0.1) is 12.4 Å². The van der Waals surface area contributed by atoms with Crippen molar-refractivity contribution in [3.8, 4) is 0 Å². The van der Waals surface area contributed by atoms with Gasteiger partial charge in [-0.2, -0.15) is 10.1 Å². The van der Waals surface area contributed by atoms with E-state index in [-0.39, 0.29) is 23.0 Å². The first-order chi connectivity index (χ1) is 13.9. The molecule has 0 fully saturated rings. The summed E-state index contributed by atoms with van der Waals surface area (Å²) in [5.41, 5.74) is 6.54. The summed E-state index contributed by atoms with van der Waals surface area (Å²) in [5.74, 6) is -1.21. The molecule has 30 heavy (non-hydrogen) atoms. The molecule has 6 nitrogen and oxygen atoms in total. The van der Waals surface area contributed by atoms with E-state index in [0.717, 1.165) is 28.8 Å². The predicted octanol–water partition coefficient (Wildman–Crippen LogP) is 4.30. The first-order valence-electron chi connectivity index (χ1n) is 9.03. The first-order valence-corrected chi connectivity index (χ1v) is 9.85. The molecule has 1 aliphatic heterocycles. The molecule has 0 saturated heterocycles. The largest absolute Gasteiger partial charge is 0.365 e. The predicted molar refractivity (Wildman–Crippen MR) is 116 cm³/mol. The molecule has 0 aliphatic carbocycles. The summed E-state index contributed by atoms with van der Waals surface area (Å²) in [6, 6.07) is 11.9. The molecule has 2 aromatic rings. The highest BCUT2D eigenvalue weighted by Crippen LogP contribution is 2.50. The number of urea groups is 1. The maximum Gasteiger partial charge on any atom is 0.365 e. The Balaban J connectivity index is 0.00000320. The van der Waals surface area contributed by atoms with Crippen LogP contribution < -0.4 is 5.73 Å². The third-order valence-electron chi connectivity index (χ3n) is 4.63. The van der Waals surface area contributed by atoms with Gasteiger partial charge in [0.05, 0.1) is 7.11 Å². The lowest BCUT2D eigenvalue weighted by molar-refractivity contribution is -0.0805. The molecule has 1 atom stereocenters. The molecule has 2 amide bonds. The average molecular weight is 457 g/mol. The maximum absolute atomic E-state index is 14.5. The molecule has 162 valence electrons. The Labute approximate surface area is 184 Å². The van der Waals surface area contributed by atoms with Crippen molar-refractivity contribution in [2.24, 2.45) is 10.8 Å². The summed E-state index contributed by atoms with van der Waals surface area (Å²) in [6.07, 6.45) is 1.06. The van der Waals surface area contributed by atoms with Crippen LogP contribution in [-0.4, -0.2) is 41.8 Å². The van der Waals surface area contributed by atoms with Gasteiger partial charge < -0.3 is 5.73 Å². The number of amides is 2. The zero-order valence-corrected chi connectivity index (χ0v) is 18.2. The molecule has 1 heterocycles. The zero-order valence-electron chi connectivity index (χ0n) is 16.5. The zero-order chi connectivity index (χ0) is 21.0. The van der Waals surface area contributed by atoms with Gasteiger partial charge in [-0.3, -0.25) is 4.84 Å². The highest BCUT2D eigenvalue weighted by Gasteiger charge is 2.49. The normalized spacial score (nSPS) is 18.0. The summed E-state index contributed by atoms with van der Waals surface area (Å²) >= 11 is 1.20. The van der Waals surface area contributed by atoms with Crippen LogP contribution in [0.15, 0.2) is 53.6 Å². The SMILES string of the molecule is CON(C)C(=O)N1N=C(c2cc(F)ccc2F)SC1(CCCN)c1ccccc1.Cl. The second kappa shape index (κ2) is 10.2. The van der Waals surface area contributed by atoms with E-state index in [1.807, 2.05) is 30.3 Å². The van der Waals surface area contributed by atoms with Gasteiger partial charge in [-0.1, -0.05) is 42.1 Å². The van der Waals surface area contributed by atoms with Crippen LogP contribution in [-0.2, 0) is 9.71 Å². The molecular weight excluding hydrogens is 434 g/mol. The maximum atomic E-state index is 14.5. The summed E-state index contributed by atoms with van der Waals surface area (Å²) < 4.78 is 28.3. The van der Waals surface area contributed by atoms with E-state index in [4.69, 9.17) is 10.6 Å². The number of nitrogens with zero attached hydrogens (tertiary/aromatic N) is 3. The highest BCUT2D eigenvalue weighted by molar-refractivity contribution is 8.15. The molecule has 1 unspecified atom stereocenters. The number of carbonyl (C=O) groups is 1. The number of hydrogen-bond acceptors (Lipinski definition) is 5. The summed E-state index contributed by atoms with van der Waals surface area (Å²) in [5, 5.41) is 6.92. The van der Waals surface area contributed by atoms with Gasteiger partial charge in [0.15, 0.2) is 0 Å². The van der Waals surface area contributed by atoms with Gasteiger partial charge in [0.25, 0.3) is 0 Å². The quantitative estimate of drug-likeness (QED) is 0.658. The first kappa shape index (κ1) is 24.1. The topological polar surface area (TPSA) is 71.2 Å². The van der Waals surface area contributed by atoms with Gasteiger partial charge in [0, 0.05) is 12.6 Å². The highest BCUT2D eigenvalue weighted by atomic mass is 35.5. The summed E-state index contributed by atoms with van der Waals surface area (Å²) in [4.78, 5) is 17.1. The standard InChI is InChI=1S/C20H22F2N4O2S.ClH/c1-25(28-2)19(27)26-20(11-6-12-23,14-7-4-3-5-8-14)29-18(24-26)16-13-15(21)9-10-17(16)22;/h3-5,7-10,13H,6,11-12,23H2,1-2H3;1H. The van der Waals surface area contributed by atoms with Crippen molar-refractivity contribution in [2.75, 3.05) is 20.7 Å². The minimum atomic E-state index is -0.974. The molecule has 2 N–H and O–H groups in total. The Kier molecular flexibility index (Phi) is 8.19. The van der Waals surface area contributed by atoms with E-state index in [0.29, 0.717) is 19.4 Å². The number of hydrogen-bond donors (Lipinski definition) is 1. The Bertz CT molecular complexity index is 919. The van der Waals surface area contributed by atoms with Crippen LogP contribution in [0.4, 0.5) is 13.6 Å². The molecular formula is C20H23ClF2N4O2S. The number of carbonyl (C=O) groups excluding carboxylic acids is 1. The van der Waals surface area contributed by atoms with Gasteiger partial charge in [0.2, 0.25) is 0 Å². The van der Waals surface area contributed by atoms with Crippen LogP contribution in [0.2, 0.25) is 0 Å². The minimum Gasteiger partial charge on any atom is -0.330 e. The molecule has 3 rings (SSSR count). The molecule has 0 aromatic heterocycles. The number of nitrogens with two attached hydrogens (primary N) is 1. The van der Waals surface area contributed by atoms with E-state index in [9.17, 15) is 13.6 Å². The van der Waals surface area contributed by atoms with E-state index >= 15 is 0 Å². The fraction of sp³-hybridized carbons (Fsp3) is 0.300. The Morgan fingerprint density at radius 3 is 2.60 bits per heavy atom. The van der Waals surface area contributed by atoms with Gasteiger partial charge in [-0.25, -0.2) is 18.6 Å². The van der Waals surface area contributed by atoms with Crippen molar-refractivity contribution in [2.45, 2.75) is 17.7 Å². The van der Waals surface area contributed by atoms with E-state index in [1.54, 1.807) is 0 Å². The lowest BCUT2D eigenvalue weighted by atomic mass is 10.0. The summed E-state index contributed by atoms with van der Waals surface area (Å²) in [6.45, 7) is 0.404. The molecule has 0 saturated carbocycles. The van der Waals surface area contributed by atoms with Crippen LogP contribution in [0.25, 0.3) is 0 Å². The van der Waals surface area contributed by atoms with Crippen LogP contribution >= 0.6 is 24.2 Å². The fourth-order valence-corrected chi connectivity index (χ4v) is 4.51. The molecule has 0 spiro atoms. The number of hydrazone groups is 1. The lowest BCUT2D eigenvalue weighted by Crippen LogP contribution is -2.47. The molecule has 2 aromatic carbocycles. The van der Waals surface area contributed by atoms with Gasteiger partial charge >= 0.3 is 6.03 Å². The Hall–Kier alpha value is -2.20. The smallest absolute Gasteiger partial charge is 0.330 e. The number of hydroxylamine groups is 2. The molecule has 0 radical (unpaired) electrons. The van der Waals surface area contributed by atoms with Crippen molar-refractivity contribution in [3.05, 3.63) is 71.3 Å². The number of thioether (sulfide) groups is 1. The van der Waals surface area contributed by atoms with E-state index < -0.39 is 22.5 Å². The number of halogens is 3. The number of benzene rings is 2. The molecule has 0 bridgehead atoms.